The molecular formula is C31H33N7O. The smallest absolute Gasteiger partial charge is 0.254 e. The summed E-state index contributed by atoms with van der Waals surface area (Å²) in [5.41, 5.74) is 7.63. The van der Waals surface area contributed by atoms with Gasteiger partial charge in [-0.2, -0.15) is 10.1 Å². The van der Waals surface area contributed by atoms with Gasteiger partial charge in [-0.25, -0.2) is 4.98 Å². The van der Waals surface area contributed by atoms with Crippen molar-refractivity contribution in [1.29, 1.82) is 5.26 Å². The van der Waals surface area contributed by atoms with E-state index in [1.807, 2.05) is 23.0 Å². The molecule has 0 atom stereocenters. The summed E-state index contributed by atoms with van der Waals surface area (Å²) in [4.78, 5) is 22.8. The summed E-state index contributed by atoms with van der Waals surface area (Å²) in [6.45, 7) is 5.12. The van der Waals surface area contributed by atoms with Gasteiger partial charge in [0.2, 0.25) is 0 Å². The van der Waals surface area contributed by atoms with Gasteiger partial charge in [0.15, 0.2) is 0 Å². The summed E-state index contributed by atoms with van der Waals surface area (Å²) in [6.07, 6.45) is 6.64. The highest BCUT2D eigenvalue weighted by Gasteiger charge is 2.34. The third-order valence-electron chi connectivity index (χ3n) is 7.98. The third-order valence-corrected chi connectivity index (χ3v) is 7.98. The second-order valence-electron chi connectivity index (χ2n) is 10.4. The maximum Gasteiger partial charge on any atom is 0.254 e. The van der Waals surface area contributed by atoms with Crippen molar-refractivity contribution in [3.63, 3.8) is 0 Å². The molecule has 1 amide bonds. The molecule has 8 heteroatoms. The molecule has 2 aromatic carbocycles. The number of amides is 1. The number of carbonyl (C=O) groups is 1. The second kappa shape index (κ2) is 11.3. The normalized spacial score (nSPS) is 15.6. The molecule has 4 aliphatic rings. The van der Waals surface area contributed by atoms with Crippen molar-refractivity contribution in [2.75, 3.05) is 37.7 Å². The number of benzene rings is 2. The van der Waals surface area contributed by atoms with Crippen LogP contribution in [0.15, 0.2) is 60.9 Å². The van der Waals surface area contributed by atoms with Crippen LogP contribution in [0.3, 0.4) is 0 Å². The lowest BCUT2D eigenvalue weighted by molar-refractivity contribution is 0.0950. The number of hydrogen-bond donors (Lipinski definition) is 1. The van der Waals surface area contributed by atoms with E-state index in [-0.39, 0.29) is 5.91 Å². The van der Waals surface area contributed by atoms with Crippen LogP contribution in [0.25, 0.3) is 11.4 Å². The third kappa shape index (κ3) is 5.23. The highest BCUT2D eigenvalue weighted by molar-refractivity contribution is 6.03. The zero-order valence-electron chi connectivity index (χ0n) is 22.1. The predicted molar refractivity (Wildman–Crippen MR) is 150 cm³/mol. The molecule has 39 heavy (non-hydrogen) atoms. The molecule has 0 unspecified atom stereocenters. The maximum absolute atomic E-state index is 13.6. The molecule has 1 saturated heterocycles. The van der Waals surface area contributed by atoms with Gasteiger partial charge in [0.05, 0.1) is 17.2 Å². The SMILES string of the molecule is N#Cc1cccc(CNC(=O)c2c3ncnn(N4CCN(CCc5ccccc5)CC4)c-3c3c2CCCC3)c1. The maximum atomic E-state index is 13.6. The zero-order valence-corrected chi connectivity index (χ0v) is 22.1. The van der Waals surface area contributed by atoms with E-state index in [0.29, 0.717) is 17.7 Å². The number of rotatable bonds is 7. The van der Waals surface area contributed by atoms with Crippen LogP contribution in [0, 0.1) is 11.3 Å². The van der Waals surface area contributed by atoms with Crippen molar-refractivity contribution in [3.8, 4) is 17.5 Å². The highest BCUT2D eigenvalue weighted by atomic mass is 16.1. The van der Waals surface area contributed by atoms with Gasteiger partial charge >= 0.3 is 0 Å². The number of aromatic nitrogens is 3. The number of carbonyl (C=O) groups excluding carboxylic acids is 1. The van der Waals surface area contributed by atoms with Gasteiger partial charge in [-0.3, -0.25) is 14.7 Å². The fourth-order valence-electron chi connectivity index (χ4n) is 5.94. The van der Waals surface area contributed by atoms with Crippen molar-refractivity contribution in [2.24, 2.45) is 0 Å². The lowest BCUT2D eigenvalue weighted by Crippen LogP contribution is -2.52. The first-order chi connectivity index (χ1) is 19.2. The van der Waals surface area contributed by atoms with E-state index in [0.717, 1.165) is 87.3 Å². The molecule has 2 aliphatic carbocycles. The van der Waals surface area contributed by atoms with Crippen molar-refractivity contribution >= 4 is 5.91 Å². The number of nitrogens with zero attached hydrogens (tertiary/aromatic N) is 6. The Morgan fingerprint density at radius 2 is 1.72 bits per heavy atom. The van der Waals surface area contributed by atoms with Crippen LogP contribution < -0.4 is 10.3 Å². The Bertz CT molecular complexity index is 1460. The molecule has 0 bridgehead atoms. The molecule has 2 aliphatic heterocycles. The van der Waals surface area contributed by atoms with E-state index in [9.17, 15) is 10.1 Å². The van der Waals surface area contributed by atoms with E-state index in [1.165, 1.54) is 11.1 Å². The molecule has 2 aromatic rings. The van der Waals surface area contributed by atoms with E-state index < -0.39 is 0 Å². The van der Waals surface area contributed by atoms with Crippen LogP contribution >= 0.6 is 0 Å². The Balaban J connectivity index is 1.20. The van der Waals surface area contributed by atoms with E-state index >= 15 is 0 Å². The molecular weight excluding hydrogens is 486 g/mol. The van der Waals surface area contributed by atoms with Crippen LogP contribution in [0.5, 0.6) is 0 Å². The molecule has 0 saturated carbocycles. The summed E-state index contributed by atoms with van der Waals surface area (Å²) >= 11 is 0. The first kappa shape index (κ1) is 25.1. The number of nitriles is 1. The molecule has 0 aromatic heterocycles. The van der Waals surface area contributed by atoms with Gasteiger partial charge < -0.3 is 5.32 Å². The van der Waals surface area contributed by atoms with Crippen molar-refractivity contribution in [2.45, 2.75) is 38.6 Å². The molecule has 1 N–H and O–H groups in total. The lowest BCUT2D eigenvalue weighted by Gasteiger charge is -2.37. The Kier molecular flexibility index (Phi) is 7.24. The molecule has 0 spiro atoms. The van der Waals surface area contributed by atoms with E-state index in [2.05, 4.69) is 56.6 Å². The molecule has 198 valence electrons. The van der Waals surface area contributed by atoms with Gasteiger partial charge in [-0.15, -0.1) is 5.10 Å². The summed E-state index contributed by atoms with van der Waals surface area (Å²) in [6, 6.07) is 20.2. The van der Waals surface area contributed by atoms with E-state index in [4.69, 9.17) is 5.10 Å². The Morgan fingerprint density at radius 3 is 2.51 bits per heavy atom. The number of hydrogen-bond acceptors (Lipinski definition) is 6. The van der Waals surface area contributed by atoms with Gasteiger partial charge in [0, 0.05) is 39.3 Å². The van der Waals surface area contributed by atoms with Gasteiger partial charge in [-0.1, -0.05) is 42.5 Å². The minimum Gasteiger partial charge on any atom is -0.348 e. The average Bonchev–Trinajstić information content (AvgIpc) is 3.34. The Labute approximate surface area is 229 Å². The number of piperazine rings is 1. The summed E-state index contributed by atoms with van der Waals surface area (Å²) in [5.74, 6) is -0.110. The average molecular weight is 520 g/mol. The fraction of sp³-hybridized carbons (Fsp3) is 0.355. The predicted octanol–water partition coefficient (Wildman–Crippen LogP) is 3.56. The number of fused-ring (bicyclic) bond motifs is 3. The van der Waals surface area contributed by atoms with Gasteiger partial charge in [0.1, 0.15) is 17.7 Å². The van der Waals surface area contributed by atoms with Gasteiger partial charge in [-0.05, 0) is 66.5 Å². The highest BCUT2D eigenvalue weighted by Crippen LogP contribution is 2.39. The monoisotopic (exact) mass is 519 g/mol. The minimum absolute atomic E-state index is 0.110. The first-order valence-electron chi connectivity index (χ1n) is 13.9. The Morgan fingerprint density at radius 1 is 0.949 bits per heavy atom. The van der Waals surface area contributed by atoms with Crippen molar-refractivity contribution in [3.05, 3.63) is 94.3 Å². The van der Waals surface area contributed by atoms with Crippen LogP contribution in [0.1, 0.15) is 51.0 Å². The van der Waals surface area contributed by atoms with Crippen LogP contribution in [0.4, 0.5) is 0 Å². The topological polar surface area (TPSA) is 90.1 Å². The summed E-state index contributed by atoms with van der Waals surface area (Å²) in [7, 11) is 0. The van der Waals surface area contributed by atoms with Crippen molar-refractivity contribution in [1.82, 2.24) is 25.1 Å². The van der Waals surface area contributed by atoms with E-state index in [1.54, 1.807) is 12.4 Å². The number of nitrogens with one attached hydrogen (secondary N) is 1. The lowest BCUT2D eigenvalue weighted by atomic mass is 9.93. The molecule has 6 rings (SSSR count). The fourth-order valence-corrected chi connectivity index (χ4v) is 5.94. The van der Waals surface area contributed by atoms with Crippen LogP contribution in [-0.2, 0) is 25.8 Å². The van der Waals surface area contributed by atoms with Gasteiger partial charge in [0.25, 0.3) is 5.91 Å². The Hall–Kier alpha value is -4.22. The summed E-state index contributed by atoms with van der Waals surface area (Å²) < 4.78 is 0. The largest absolute Gasteiger partial charge is 0.348 e. The molecule has 2 heterocycles. The standard InChI is InChI=1S/C31H33N7O/c32-20-24-9-6-10-25(19-24)21-33-31(39)28-26-11-4-5-12-27(26)30-29(28)34-22-35-38(30)37-17-15-36(16-18-37)14-13-23-7-2-1-3-8-23/h1-3,6-10,19,22H,4-5,11-18,21H2,(H,33,39). The second-order valence-corrected chi connectivity index (χ2v) is 10.4. The molecule has 0 radical (unpaired) electrons. The first-order valence-corrected chi connectivity index (χ1v) is 13.9. The van der Waals surface area contributed by atoms with Crippen molar-refractivity contribution < 1.29 is 4.79 Å². The van der Waals surface area contributed by atoms with Crippen LogP contribution in [0.2, 0.25) is 0 Å². The zero-order chi connectivity index (χ0) is 26.6. The van der Waals surface area contributed by atoms with Crippen LogP contribution in [-0.4, -0.2) is 58.4 Å². The summed E-state index contributed by atoms with van der Waals surface area (Å²) in [5, 5.41) is 19.3. The quantitative estimate of drug-likeness (QED) is 0.402. The minimum atomic E-state index is -0.110. The molecule has 1 fully saturated rings. The molecule has 8 nitrogen and oxygen atoms in total.